The number of carboxylic acids is 1. The van der Waals surface area contributed by atoms with Gasteiger partial charge in [-0.25, -0.2) is 4.79 Å². The van der Waals surface area contributed by atoms with E-state index in [0.29, 0.717) is 13.0 Å². The molecule has 0 heterocycles. The Bertz CT molecular complexity index is 682. The Morgan fingerprint density at radius 3 is 2.26 bits per heavy atom. The minimum Gasteiger partial charge on any atom is -0.508 e. The highest BCUT2D eigenvalue weighted by Gasteiger charge is 2.27. The van der Waals surface area contributed by atoms with Gasteiger partial charge in [-0.15, -0.1) is 0 Å². The number of aliphatic carboxylic acids is 1. The van der Waals surface area contributed by atoms with Gasteiger partial charge in [0.05, 0.1) is 6.04 Å². The second-order valence-electron chi connectivity index (χ2n) is 6.77. The number of carbonyl (C=O) groups excluding carboxylic acids is 1. The van der Waals surface area contributed by atoms with Gasteiger partial charge in [0.1, 0.15) is 11.8 Å². The lowest BCUT2D eigenvalue weighted by Crippen LogP contribution is -2.51. The van der Waals surface area contributed by atoms with Crippen LogP contribution in [0.3, 0.4) is 0 Å². The molecule has 0 spiro atoms. The topological polar surface area (TPSA) is 152 Å². The number of carbonyl (C=O) groups is 2. The Balaban J connectivity index is 2.90. The highest BCUT2D eigenvalue weighted by atomic mass is 16.4. The van der Waals surface area contributed by atoms with Crippen LogP contribution < -0.4 is 16.4 Å². The minimum atomic E-state index is -1.13. The summed E-state index contributed by atoms with van der Waals surface area (Å²) in [5.74, 6) is -1.61. The van der Waals surface area contributed by atoms with Crippen molar-refractivity contribution in [2.45, 2.75) is 38.8 Å². The number of carboxylic acid groups (broad SMARTS) is 1. The molecule has 1 aromatic carbocycles. The predicted octanol–water partition coefficient (Wildman–Crippen LogP) is -0.0757. The molecule has 0 aliphatic rings. The van der Waals surface area contributed by atoms with Crippen molar-refractivity contribution in [3.8, 4) is 5.75 Å². The molecule has 9 heteroatoms. The van der Waals surface area contributed by atoms with Gasteiger partial charge in [-0.05, 0) is 63.2 Å². The molecule has 0 saturated heterocycles. The number of hydrogen-bond acceptors (Lipinski definition) is 5. The maximum atomic E-state index is 12.6. The Labute approximate surface area is 159 Å². The number of aromatic hydroxyl groups is 1. The number of nitrogens with zero attached hydrogens (tertiary/aromatic N) is 1. The summed E-state index contributed by atoms with van der Waals surface area (Å²) >= 11 is 0. The number of likely N-dealkylation sites (N-methyl/N-ethyl adjacent to an activating group) is 1. The fraction of sp³-hybridized carbons (Fsp3) is 0.500. The van der Waals surface area contributed by atoms with E-state index in [1.807, 2.05) is 0 Å². The van der Waals surface area contributed by atoms with Crippen molar-refractivity contribution in [2.75, 3.05) is 20.6 Å². The van der Waals surface area contributed by atoms with Crippen LogP contribution in [0.5, 0.6) is 5.75 Å². The molecule has 150 valence electrons. The number of benzene rings is 1. The lowest BCUT2D eigenvalue weighted by atomic mass is 9.95. The summed E-state index contributed by atoms with van der Waals surface area (Å²) in [6.07, 6.45) is 0.479. The van der Waals surface area contributed by atoms with Gasteiger partial charge < -0.3 is 26.6 Å². The monoisotopic (exact) mass is 379 g/mol. The van der Waals surface area contributed by atoms with Crippen LogP contribution >= 0.6 is 0 Å². The first-order chi connectivity index (χ1) is 12.5. The number of rotatable bonds is 9. The van der Waals surface area contributed by atoms with Gasteiger partial charge in [-0.2, -0.15) is 0 Å². The van der Waals surface area contributed by atoms with Crippen molar-refractivity contribution in [3.63, 3.8) is 0 Å². The van der Waals surface area contributed by atoms with E-state index >= 15 is 0 Å². The Kier molecular flexibility index (Phi) is 8.04. The Hall–Kier alpha value is -2.81. The summed E-state index contributed by atoms with van der Waals surface area (Å²) in [7, 11) is 3.45. The lowest BCUT2D eigenvalue weighted by molar-refractivity contribution is -0.142. The maximum absolute atomic E-state index is 12.6. The molecule has 1 rings (SSSR count). The minimum absolute atomic E-state index is 0.116. The van der Waals surface area contributed by atoms with Crippen LogP contribution in [0.15, 0.2) is 12.1 Å². The third-order valence-corrected chi connectivity index (χ3v) is 4.36. The van der Waals surface area contributed by atoms with E-state index in [0.717, 1.165) is 16.7 Å². The van der Waals surface area contributed by atoms with E-state index in [1.54, 1.807) is 45.0 Å². The summed E-state index contributed by atoms with van der Waals surface area (Å²) < 4.78 is 0. The molecule has 0 fully saturated rings. The fourth-order valence-electron chi connectivity index (χ4n) is 2.93. The van der Waals surface area contributed by atoms with Gasteiger partial charge in [0.25, 0.3) is 0 Å². The molecular weight excluding hydrogens is 350 g/mol. The van der Waals surface area contributed by atoms with Crippen LogP contribution in [-0.4, -0.2) is 65.7 Å². The van der Waals surface area contributed by atoms with Crippen molar-refractivity contribution in [1.29, 1.82) is 5.41 Å². The Morgan fingerprint density at radius 2 is 1.81 bits per heavy atom. The van der Waals surface area contributed by atoms with Crippen LogP contribution in [0, 0.1) is 19.3 Å². The number of amides is 1. The number of guanidine groups is 1. The number of nitrogens with two attached hydrogens (primary N) is 1. The molecule has 7 N–H and O–H groups in total. The molecule has 2 unspecified atom stereocenters. The second kappa shape index (κ2) is 9.77. The highest BCUT2D eigenvalue weighted by Crippen LogP contribution is 2.22. The molecular formula is C18H29N5O4. The van der Waals surface area contributed by atoms with Crippen molar-refractivity contribution in [1.82, 2.24) is 15.5 Å². The van der Waals surface area contributed by atoms with Crippen molar-refractivity contribution >= 4 is 17.8 Å². The van der Waals surface area contributed by atoms with Crippen LogP contribution in [0.2, 0.25) is 0 Å². The summed E-state index contributed by atoms with van der Waals surface area (Å²) in [5.41, 5.74) is 7.55. The van der Waals surface area contributed by atoms with Gasteiger partial charge in [-0.1, -0.05) is 0 Å². The summed E-state index contributed by atoms with van der Waals surface area (Å²) in [5, 5.41) is 31.6. The third-order valence-electron chi connectivity index (χ3n) is 4.36. The highest BCUT2D eigenvalue weighted by molar-refractivity contribution is 5.87. The Morgan fingerprint density at radius 1 is 1.26 bits per heavy atom. The quantitative estimate of drug-likeness (QED) is 0.259. The summed E-state index contributed by atoms with van der Waals surface area (Å²) in [4.78, 5) is 26.0. The van der Waals surface area contributed by atoms with Gasteiger partial charge in [0, 0.05) is 13.0 Å². The molecule has 27 heavy (non-hydrogen) atoms. The first-order valence-corrected chi connectivity index (χ1v) is 8.59. The van der Waals surface area contributed by atoms with Gasteiger partial charge in [-0.3, -0.25) is 15.1 Å². The van der Waals surface area contributed by atoms with E-state index in [1.165, 1.54) is 0 Å². The first-order valence-electron chi connectivity index (χ1n) is 8.59. The van der Waals surface area contributed by atoms with Crippen molar-refractivity contribution in [3.05, 3.63) is 28.8 Å². The number of hydrogen-bond donors (Lipinski definition) is 6. The van der Waals surface area contributed by atoms with E-state index in [-0.39, 0.29) is 18.1 Å². The fourth-order valence-corrected chi connectivity index (χ4v) is 2.93. The molecule has 1 aromatic rings. The number of phenols is 1. The molecule has 0 saturated carbocycles. The van der Waals surface area contributed by atoms with E-state index in [9.17, 15) is 19.8 Å². The van der Waals surface area contributed by atoms with Crippen LogP contribution in [0.1, 0.15) is 23.1 Å². The zero-order chi connectivity index (χ0) is 20.7. The van der Waals surface area contributed by atoms with Gasteiger partial charge >= 0.3 is 5.97 Å². The maximum Gasteiger partial charge on any atom is 0.326 e. The predicted molar refractivity (Wildman–Crippen MR) is 103 cm³/mol. The van der Waals surface area contributed by atoms with Crippen molar-refractivity contribution < 1.29 is 19.8 Å². The number of aryl methyl sites for hydroxylation is 2. The van der Waals surface area contributed by atoms with Gasteiger partial charge in [0.2, 0.25) is 5.91 Å². The molecule has 0 aliphatic heterocycles. The van der Waals surface area contributed by atoms with Crippen molar-refractivity contribution in [2.24, 2.45) is 5.73 Å². The largest absolute Gasteiger partial charge is 0.508 e. The molecule has 9 nitrogen and oxygen atoms in total. The summed E-state index contributed by atoms with van der Waals surface area (Å²) in [6, 6.07) is 1.47. The first kappa shape index (κ1) is 22.2. The SMILES string of the molecule is Cc1cc(O)cc(C)c1CC(NC(=O)C(CCNC(=N)N)N(C)C)C(=O)O. The third kappa shape index (κ3) is 6.78. The molecule has 1 amide bonds. The zero-order valence-electron chi connectivity index (χ0n) is 16.2. The molecule has 2 atom stereocenters. The molecule has 0 aliphatic carbocycles. The average molecular weight is 379 g/mol. The van der Waals surface area contributed by atoms with E-state index < -0.39 is 24.0 Å². The normalized spacial score (nSPS) is 13.1. The van der Waals surface area contributed by atoms with Crippen LogP contribution in [0.4, 0.5) is 0 Å². The molecule has 0 aromatic heterocycles. The van der Waals surface area contributed by atoms with Crippen LogP contribution in [-0.2, 0) is 16.0 Å². The number of phenolic OH excluding ortho intramolecular Hbond substituents is 1. The molecule has 0 bridgehead atoms. The lowest BCUT2D eigenvalue weighted by Gasteiger charge is -2.26. The standard InChI is InChI=1S/C18H29N5O4/c1-10-7-12(24)8-11(2)13(10)9-14(17(26)27)22-16(25)15(23(3)4)5-6-21-18(19)20/h7-8,14-15,24H,5-6,9H2,1-4H3,(H,22,25)(H,26,27)(H4,19,20,21). The number of nitrogens with one attached hydrogen (secondary N) is 3. The smallest absolute Gasteiger partial charge is 0.326 e. The van der Waals surface area contributed by atoms with E-state index in [2.05, 4.69) is 10.6 Å². The molecule has 0 radical (unpaired) electrons. The van der Waals surface area contributed by atoms with E-state index in [4.69, 9.17) is 11.1 Å². The van der Waals surface area contributed by atoms with Gasteiger partial charge in [0.15, 0.2) is 5.96 Å². The second-order valence-corrected chi connectivity index (χ2v) is 6.77. The zero-order valence-corrected chi connectivity index (χ0v) is 16.2. The summed E-state index contributed by atoms with van der Waals surface area (Å²) in [6.45, 7) is 3.90. The van der Waals surface area contributed by atoms with Crippen LogP contribution in [0.25, 0.3) is 0 Å². The average Bonchev–Trinajstić information content (AvgIpc) is 2.52.